The smallest absolute Gasteiger partial charge is 0.227 e. The van der Waals surface area contributed by atoms with Crippen LogP contribution in [0.15, 0.2) is 18.2 Å². The molecule has 1 saturated carbocycles. The fraction of sp³-hybridized carbons (Fsp3) is 0.562. The van der Waals surface area contributed by atoms with Crippen molar-refractivity contribution >= 4 is 11.6 Å². The van der Waals surface area contributed by atoms with Crippen molar-refractivity contribution < 1.29 is 9.90 Å². The Kier molecular flexibility index (Phi) is 4.59. The largest absolute Gasteiger partial charge is 0.396 e. The second-order valence-electron chi connectivity index (χ2n) is 5.69. The zero-order valence-electron chi connectivity index (χ0n) is 11.8. The summed E-state index contributed by atoms with van der Waals surface area (Å²) in [4.78, 5) is 12.2. The van der Waals surface area contributed by atoms with Crippen LogP contribution in [0.25, 0.3) is 0 Å². The van der Waals surface area contributed by atoms with Gasteiger partial charge >= 0.3 is 0 Å². The van der Waals surface area contributed by atoms with Crippen molar-refractivity contribution in [3.8, 4) is 0 Å². The Hall–Kier alpha value is -1.35. The van der Waals surface area contributed by atoms with E-state index >= 15 is 0 Å². The average Bonchev–Trinajstić information content (AvgIpc) is 2.43. The summed E-state index contributed by atoms with van der Waals surface area (Å²) in [5.41, 5.74) is 3.32. The molecule has 0 unspecified atom stereocenters. The van der Waals surface area contributed by atoms with Crippen LogP contribution in [0, 0.1) is 25.7 Å². The van der Waals surface area contributed by atoms with Crippen LogP contribution in [-0.2, 0) is 4.79 Å². The topological polar surface area (TPSA) is 49.3 Å². The Labute approximate surface area is 115 Å². The van der Waals surface area contributed by atoms with E-state index < -0.39 is 0 Å². The van der Waals surface area contributed by atoms with E-state index in [4.69, 9.17) is 5.11 Å². The fourth-order valence-corrected chi connectivity index (χ4v) is 2.67. The molecule has 0 bridgehead atoms. The number of anilines is 1. The van der Waals surface area contributed by atoms with Gasteiger partial charge in [-0.15, -0.1) is 0 Å². The number of benzene rings is 1. The van der Waals surface area contributed by atoms with E-state index in [1.807, 2.05) is 18.2 Å². The molecule has 0 radical (unpaired) electrons. The molecular formula is C16H23NO2. The number of aliphatic hydroxyl groups excluding tert-OH is 1. The first-order chi connectivity index (χ1) is 9.10. The van der Waals surface area contributed by atoms with Gasteiger partial charge in [0.1, 0.15) is 0 Å². The van der Waals surface area contributed by atoms with E-state index in [0.717, 1.165) is 31.4 Å². The SMILES string of the molecule is Cc1ccc(NC(=O)C2CCC(CO)CC2)cc1C. The number of aryl methyl sites for hydroxylation is 2. The van der Waals surface area contributed by atoms with Gasteiger partial charge in [0.05, 0.1) is 0 Å². The quantitative estimate of drug-likeness (QED) is 0.878. The molecule has 1 aliphatic rings. The van der Waals surface area contributed by atoms with Crippen molar-refractivity contribution in [3.63, 3.8) is 0 Å². The predicted molar refractivity (Wildman–Crippen MR) is 77.1 cm³/mol. The molecule has 0 heterocycles. The Balaban J connectivity index is 1.92. The molecule has 1 fully saturated rings. The summed E-state index contributed by atoms with van der Waals surface area (Å²) in [7, 11) is 0. The molecule has 0 aliphatic heterocycles. The fourth-order valence-electron chi connectivity index (χ4n) is 2.67. The van der Waals surface area contributed by atoms with Gasteiger partial charge in [-0.25, -0.2) is 0 Å². The van der Waals surface area contributed by atoms with E-state index in [0.29, 0.717) is 5.92 Å². The molecule has 2 rings (SSSR count). The van der Waals surface area contributed by atoms with Crippen LogP contribution < -0.4 is 5.32 Å². The number of rotatable bonds is 3. The molecule has 0 aromatic heterocycles. The second-order valence-corrected chi connectivity index (χ2v) is 5.69. The normalized spacial score (nSPS) is 23.1. The molecule has 3 nitrogen and oxygen atoms in total. The zero-order chi connectivity index (χ0) is 13.8. The van der Waals surface area contributed by atoms with Crippen LogP contribution in [0.2, 0.25) is 0 Å². The molecule has 19 heavy (non-hydrogen) atoms. The van der Waals surface area contributed by atoms with Gasteiger partial charge < -0.3 is 10.4 Å². The molecule has 0 atom stereocenters. The van der Waals surface area contributed by atoms with Crippen molar-refractivity contribution in [1.29, 1.82) is 0 Å². The molecule has 0 spiro atoms. The first kappa shape index (κ1) is 14.1. The van der Waals surface area contributed by atoms with Gasteiger partial charge in [0.15, 0.2) is 0 Å². The Bertz CT molecular complexity index is 448. The Morgan fingerprint density at radius 2 is 1.89 bits per heavy atom. The molecule has 1 aromatic carbocycles. The Morgan fingerprint density at radius 1 is 1.21 bits per heavy atom. The maximum Gasteiger partial charge on any atom is 0.227 e. The lowest BCUT2D eigenvalue weighted by molar-refractivity contribution is -0.121. The van der Waals surface area contributed by atoms with Crippen LogP contribution in [0.5, 0.6) is 0 Å². The van der Waals surface area contributed by atoms with Crippen molar-refractivity contribution in [2.45, 2.75) is 39.5 Å². The summed E-state index contributed by atoms with van der Waals surface area (Å²) in [5, 5.41) is 12.1. The lowest BCUT2D eigenvalue weighted by Crippen LogP contribution is -2.28. The molecule has 1 amide bonds. The first-order valence-corrected chi connectivity index (χ1v) is 7.09. The van der Waals surface area contributed by atoms with Gasteiger partial charge in [0, 0.05) is 18.2 Å². The van der Waals surface area contributed by atoms with E-state index in [1.54, 1.807) is 0 Å². The molecule has 3 heteroatoms. The van der Waals surface area contributed by atoms with Crippen molar-refractivity contribution in [3.05, 3.63) is 29.3 Å². The molecule has 1 aliphatic carbocycles. The summed E-state index contributed by atoms with van der Waals surface area (Å²) in [6.45, 7) is 4.38. The van der Waals surface area contributed by atoms with E-state index in [9.17, 15) is 4.79 Å². The monoisotopic (exact) mass is 261 g/mol. The maximum atomic E-state index is 12.2. The minimum atomic E-state index is 0.101. The standard InChI is InChI=1S/C16H23NO2/c1-11-3-8-15(9-12(11)2)17-16(19)14-6-4-13(10-18)5-7-14/h3,8-9,13-14,18H,4-7,10H2,1-2H3,(H,17,19). The van der Waals surface area contributed by atoms with E-state index in [2.05, 4.69) is 19.2 Å². The molecule has 104 valence electrons. The average molecular weight is 261 g/mol. The number of aliphatic hydroxyl groups is 1. The van der Waals surface area contributed by atoms with E-state index in [-0.39, 0.29) is 18.4 Å². The highest BCUT2D eigenvalue weighted by Gasteiger charge is 2.25. The molecular weight excluding hydrogens is 238 g/mol. The van der Waals surface area contributed by atoms with Crippen LogP contribution >= 0.6 is 0 Å². The Morgan fingerprint density at radius 3 is 2.47 bits per heavy atom. The highest BCUT2D eigenvalue weighted by molar-refractivity contribution is 5.92. The van der Waals surface area contributed by atoms with Gasteiger partial charge in [-0.3, -0.25) is 4.79 Å². The molecule has 2 N–H and O–H groups in total. The summed E-state index contributed by atoms with van der Waals surface area (Å²) >= 11 is 0. The first-order valence-electron chi connectivity index (χ1n) is 7.09. The lowest BCUT2D eigenvalue weighted by Gasteiger charge is -2.26. The summed E-state index contributed by atoms with van der Waals surface area (Å²) in [6, 6.07) is 6.01. The number of carbonyl (C=O) groups is 1. The van der Waals surface area contributed by atoms with Crippen molar-refractivity contribution in [2.24, 2.45) is 11.8 Å². The maximum absolute atomic E-state index is 12.2. The van der Waals surface area contributed by atoms with Gasteiger partial charge in [-0.1, -0.05) is 6.07 Å². The van der Waals surface area contributed by atoms with E-state index in [1.165, 1.54) is 11.1 Å². The van der Waals surface area contributed by atoms with Gasteiger partial charge in [0.2, 0.25) is 5.91 Å². The third-order valence-corrected chi connectivity index (χ3v) is 4.25. The highest BCUT2D eigenvalue weighted by Crippen LogP contribution is 2.29. The minimum absolute atomic E-state index is 0.101. The van der Waals surface area contributed by atoms with Gasteiger partial charge in [0.25, 0.3) is 0 Å². The van der Waals surface area contributed by atoms with Crippen LogP contribution in [0.4, 0.5) is 5.69 Å². The van der Waals surface area contributed by atoms with Crippen molar-refractivity contribution in [2.75, 3.05) is 11.9 Å². The lowest BCUT2D eigenvalue weighted by atomic mass is 9.82. The predicted octanol–water partition coefficient (Wildman–Crippen LogP) is 3.04. The third-order valence-electron chi connectivity index (χ3n) is 4.25. The minimum Gasteiger partial charge on any atom is -0.396 e. The highest BCUT2D eigenvalue weighted by atomic mass is 16.3. The summed E-state index contributed by atoms with van der Waals surface area (Å²) in [5.74, 6) is 0.620. The van der Waals surface area contributed by atoms with Gasteiger partial charge in [-0.2, -0.15) is 0 Å². The van der Waals surface area contributed by atoms with Crippen molar-refractivity contribution in [1.82, 2.24) is 0 Å². The van der Waals surface area contributed by atoms with Crippen LogP contribution in [0.1, 0.15) is 36.8 Å². The number of hydrogen-bond acceptors (Lipinski definition) is 2. The number of carbonyl (C=O) groups excluding carboxylic acids is 1. The number of hydrogen-bond donors (Lipinski definition) is 2. The number of amides is 1. The third kappa shape index (κ3) is 3.57. The number of nitrogens with one attached hydrogen (secondary N) is 1. The summed E-state index contributed by atoms with van der Waals surface area (Å²) < 4.78 is 0. The van der Waals surface area contributed by atoms with Gasteiger partial charge in [-0.05, 0) is 68.7 Å². The van der Waals surface area contributed by atoms with Crippen LogP contribution in [0.3, 0.4) is 0 Å². The second kappa shape index (κ2) is 6.20. The zero-order valence-corrected chi connectivity index (χ0v) is 11.8. The van der Waals surface area contributed by atoms with Crippen LogP contribution in [-0.4, -0.2) is 17.6 Å². The summed E-state index contributed by atoms with van der Waals surface area (Å²) in [6.07, 6.45) is 3.70. The molecule has 0 saturated heterocycles. The molecule has 1 aromatic rings.